The van der Waals surface area contributed by atoms with Gasteiger partial charge in [-0.05, 0) is 15.9 Å². The highest BCUT2D eigenvalue weighted by molar-refractivity contribution is 5.03. The Morgan fingerprint density at radius 1 is 1.46 bits per heavy atom. The van der Waals surface area contributed by atoms with Crippen LogP contribution in [0.15, 0.2) is 6.33 Å². The summed E-state index contributed by atoms with van der Waals surface area (Å²) < 4.78 is 3.44. The lowest BCUT2D eigenvalue weighted by molar-refractivity contribution is -0.890. The van der Waals surface area contributed by atoms with Crippen LogP contribution in [0.5, 0.6) is 0 Å². The van der Waals surface area contributed by atoms with E-state index in [2.05, 4.69) is 6.92 Å². The van der Waals surface area contributed by atoms with Crippen molar-refractivity contribution in [2.75, 3.05) is 14.2 Å². The van der Waals surface area contributed by atoms with Crippen LogP contribution in [0, 0.1) is 6.92 Å². The summed E-state index contributed by atoms with van der Waals surface area (Å²) in [6.07, 6.45) is 3.88. The second kappa shape index (κ2) is 4.16. The molecule has 4 nitrogen and oxygen atoms in total. The zero-order valence-electron chi connectivity index (χ0n) is 8.70. The molecule has 0 N–H and O–H groups in total. The summed E-state index contributed by atoms with van der Waals surface area (Å²) in [4.78, 5) is 10.3. The SMILES string of the molecule is CCCc1c(C)n(OC)c[n+]1OC. The average molecular weight is 185 g/mol. The summed E-state index contributed by atoms with van der Waals surface area (Å²) in [6.45, 7) is 4.16. The first-order valence-corrected chi connectivity index (χ1v) is 4.46. The Labute approximate surface area is 78.6 Å². The van der Waals surface area contributed by atoms with Gasteiger partial charge in [-0.1, -0.05) is 6.92 Å². The summed E-state index contributed by atoms with van der Waals surface area (Å²) in [5.41, 5.74) is 2.25. The molecule has 1 rings (SSSR count). The van der Waals surface area contributed by atoms with Crippen LogP contribution in [-0.4, -0.2) is 19.0 Å². The lowest BCUT2D eigenvalue weighted by Gasteiger charge is -1.95. The Balaban J connectivity index is 3.05. The normalized spacial score (nSPS) is 10.2. The first-order chi connectivity index (χ1) is 6.24. The van der Waals surface area contributed by atoms with Gasteiger partial charge >= 0.3 is 6.33 Å². The fourth-order valence-electron chi connectivity index (χ4n) is 1.41. The van der Waals surface area contributed by atoms with Crippen LogP contribution in [0.25, 0.3) is 0 Å². The van der Waals surface area contributed by atoms with Crippen LogP contribution < -0.4 is 14.4 Å². The number of hydrogen-bond acceptors (Lipinski definition) is 2. The smallest absolute Gasteiger partial charge is 0.323 e. The highest BCUT2D eigenvalue weighted by atomic mass is 16.7. The zero-order chi connectivity index (χ0) is 9.84. The molecule has 0 radical (unpaired) electrons. The van der Waals surface area contributed by atoms with Gasteiger partial charge in [-0.2, -0.15) is 0 Å². The molecule has 1 aromatic heterocycles. The van der Waals surface area contributed by atoms with E-state index in [1.54, 1.807) is 30.0 Å². The van der Waals surface area contributed by atoms with E-state index in [1.807, 2.05) is 6.92 Å². The lowest BCUT2D eigenvalue weighted by Crippen LogP contribution is -2.42. The fourth-order valence-corrected chi connectivity index (χ4v) is 1.41. The Bertz CT molecular complexity index is 281. The first-order valence-electron chi connectivity index (χ1n) is 4.46. The van der Waals surface area contributed by atoms with Crippen molar-refractivity contribution in [1.29, 1.82) is 0 Å². The van der Waals surface area contributed by atoms with Gasteiger partial charge in [0.2, 0.25) is 0 Å². The largest absolute Gasteiger partial charge is 0.339 e. The van der Waals surface area contributed by atoms with Crippen LogP contribution in [-0.2, 0) is 6.42 Å². The Kier molecular flexibility index (Phi) is 3.17. The van der Waals surface area contributed by atoms with E-state index in [0.717, 1.165) is 24.2 Å². The van der Waals surface area contributed by atoms with Crippen molar-refractivity contribution in [2.45, 2.75) is 26.7 Å². The van der Waals surface area contributed by atoms with Crippen LogP contribution in [0.4, 0.5) is 0 Å². The quantitative estimate of drug-likeness (QED) is 0.625. The second-order valence-electron chi connectivity index (χ2n) is 2.91. The van der Waals surface area contributed by atoms with Gasteiger partial charge < -0.3 is 9.68 Å². The number of aromatic nitrogens is 2. The maximum Gasteiger partial charge on any atom is 0.323 e. The molecule has 74 valence electrons. The fraction of sp³-hybridized carbons (Fsp3) is 0.667. The summed E-state index contributed by atoms with van der Waals surface area (Å²) in [6, 6.07) is 0. The van der Waals surface area contributed by atoms with E-state index in [9.17, 15) is 0 Å². The number of rotatable bonds is 4. The maximum absolute atomic E-state index is 5.18. The number of imidazole rings is 1. The van der Waals surface area contributed by atoms with Crippen molar-refractivity contribution in [1.82, 2.24) is 4.73 Å². The van der Waals surface area contributed by atoms with Crippen LogP contribution in [0.2, 0.25) is 0 Å². The minimum Gasteiger partial charge on any atom is -0.339 e. The van der Waals surface area contributed by atoms with Crippen LogP contribution in [0.1, 0.15) is 24.7 Å². The predicted octanol–water partition coefficient (Wildman–Crippen LogP) is 0.153. The van der Waals surface area contributed by atoms with E-state index in [-0.39, 0.29) is 0 Å². The molecule has 0 saturated heterocycles. The highest BCUT2D eigenvalue weighted by Crippen LogP contribution is 2.04. The van der Waals surface area contributed by atoms with E-state index >= 15 is 0 Å². The lowest BCUT2D eigenvalue weighted by atomic mass is 10.2. The van der Waals surface area contributed by atoms with Crippen molar-refractivity contribution >= 4 is 0 Å². The molecule has 0 aliphatic rings. The Morgan fingerprint density at radius 3 is 2.62 bits per heavy atom. The number of hydrogen-bond donors (Lipinski definition) is 0. The summed E-state index contributed by atoms with van der Waals surface area (Å²) in [5.74, 6) is 0. The van der Waals surface area contributed by atoms with Gasteiger partial charge in [-0.3, -0.25) is 0 Å². The van der Waals surface area contributed by atoms with E-state index in [1.165, 1.54) is 0 Å². The zero-order valence-corrected chi connectivity index (χ0v) is 8.70. The van der Waals surface area contributed by atoms with Gasteiger partial charge in [-0.15, -0.1) is 0 Å². The molecule has 0 unspecified atom stereocenters. The molecule has 13 heavy (non-hydrogen) atoms. The van der Waals surface area contributed by atoms with Crippen molar-refractivity contribution in [3.8, 4) is 0 Å². The molecule has 0 spiro atoms. The van der Waals surface area contributed by atoms with Gasteiger partial charge in [0, 0.05) is 13.3 Å². The van der Waals surface area contributed by atoms with Gasteiger partial charge in [0.15, 0.2) is 11.4 Å². The molecule has 0 aliphatic carbocycles. The van der Waals surface area contributed by atoms with Crippen molar-refractivity contribution < 1.29 is 14.4 Å². The van der Waals surface area contributed by atoms with Gasteiger partial charge in [-0.25, -0.2) is 0 Å². The summed E-state index contributed by atoms with van der Waals surface area (Å²) in [5, 5.41) is 0. The first kappa shape index (κ1) is 9.89. The molecule has 0 fully saturated rings. The summed E-state index contributed by atoms with van der Waals surface area (Å²) in [7, 11) is 3.29. The van der Waals surface area contributed by atoms with Crippen molar-refractivity contribution in [2.24, 2.45) is 0 Å². The second-order valence-corrected chi connectivity index (χ2v) is 2.91. The molecule has 0 atom stereocenters. The maximum atomic E-state index is 5.18. The van der Waals surface area contributed by atoms with Gasteiger partial charge in [0.05, 0.1) is 0 Å². The third-order valence-electron chi connectivity index (χ3n) is 2.10. The Hall–Kier alpha value is -1.19. The van der Waals surface area contributed by atoms with Crippen LogP contribution in [0.3, 0.4) is 0 Å². The average Bonchev–Trinajstić information content (AvgIpc) is 2.45. The molecular formula is C9H17N2O2+. The topological polar surface area (TPSA) is 27.3 Å². The molecule has 1 aromatic rings. The highest BCUT2D eigenvalue weighted by Gasteiger charge is 2.20. The molecule has 0 aliphatic heterocycles. The third-order valence-corrected chi connectivity index (χ3v) is 2.10. The molecule has 0 saturated carbocycles. The molecule has 4 heteroatoms. The molecule has 1 heterocycles. The van der Waals surface area contributed by atoms with Crippen LogP contribution >= 0.6 is 0 Å². The minimum absolute atomic E-state index is 0.996. The van der Waals surface area contributed by atoms with Crippen molar-refractivity contribution in [3.63, 3.8) is 0 Å². The molecule has 0 bridgehead atoms. The van der Waals surface area contributed by atoms with E-state index in [0.29, 0.717) is 0 Å². The molecular weight excluding hydrogens is 168 g/mol. The molecule has 0 aromatic carbocycles. The summed E-state index contributed by atoms with van der Waals surface area (Å²) >= 11 is 0. The standard InChI is InChI=1S/C9H17N2O2/c1-5-6-9-8(2)10(12-3)7-11(9)13-4/h7H,5-6H2,1-4H3/q+1. The Morgan fingerprint density at radius 2 is 2.15 bits per heavy atom. The van der Waals surface area contributed by atoms with Gasteiger partial charge in [0.25, 0.3) is 0 Å². The molecule has 0 amide bonds. The third kappa shape index (κ3) is 1.76. The van der Waals surface area contributed by atoms with E-state index < -0.39 is 0 Å². The number of nitrogens with zero attached hydrogens (tertiary/aromatic N) is 2. The van der Waals surface area contributed by atoms with E-state index in [4.69, 9.17) is 9.68 Å². The van der Waals surface area contributed by atoms with Gasteiger partial charge in [0.1, 0.15) is 14.2 Å². The predicted molar refractivity (Wildman–Crippen MR) is 48.4 cm³/mol. The monoisotopic (exact) mass is 185 g/mol. The minimum atomic E-state index is 0.996. The van der Waals surface area contributed by atoms with Crippen molar-refractivity contribution in [3.05, 3.63) is 17.7 Å².